The summed E-state index contributed by atoms with van der Waals surface area (Å²) in [6.07, 6.45) is 0. The summed E-state index contributed by atoms with van der Waals surface area (Å²) in [4.78, 5) is 11.4. The van der Waals surface area contributed by atoms with Crippen molar-refractivity contribution in [2.24, 2.45) is 0 Å². The van der Waals surface area contributed by atoms with Crippen LogP contribution in [0, 0.1) is 0 Å². The minimum absolute atomic E-state index is 0.326. The molecule has 0 bridgehead atoms. The molecule has 2 N–H and O–H groups in total. The number of fused-ring (bicyclic) bond motifs is 1. The minimum Gasteiger partial charge on any atom is -0.410 e. The lowest BCUT2D eigenvalue weighted by Crippen LogP contribution is -1.77. The van der Waals surface area contributed by atoms with Crippen LogP contribution in [-0.4, -0.2) is 9.88 Å². The number of aromatic amines is 1. The molecule has 0 saturated heterocycles. The quantitative estimate of drug-likeness (QED) is 0.723. The summed E-state index contributed by atoms with van der Waals surface area (Å²) in [5, 5.41) is 0.959. The van der Waals surface area contributed by atoms with E-state index in [0.717, 1.165) is 10.9 Å². The van der Waals surface area contributed by atoms with Gasteiger partial charge >= 0.3 is 8.25 Å². The predicted molar refractivity (Wildman–Crippen MR) is 50.1 cm³/mol. The minimum atomic E-state index is -2.92. The Morgan fingerprint density at radius 3 is 2.85 bits per heavy atom. The van der Waals surface area contributed by atoms with Crippen LogP contribution in [0.5, 0.6) is 5.88 Å². The molecule has 1 aromatic heterocycles. The standard InChI is InChI=1S/C8H8NO3P/c10-13(11)12-8-5-6-3-1-2-4-7(6)9-8/h1-5,9,13H,(H,10,11). The van der Waals surface area contributed by atoms with Gasteiger partial charge in [-0.2, -0.15) is 0 Å². The average Bonchev–Trinajstić information content (AvgIpc) is 2.44. The molecule has 0 aliphatic heterocycles. The Kier molecular flexibility index (Phi) is 2.08. The lowest BCUT2D eigenvalue weighted by Gasteiger charge is -1.94. The van der Waals surface area contributed by atoms with E-state index in [2.05, 4.69) is 9.51 Å². The van der Waals surface area contributed by atoms with Crippen LogP contribution in [0.4, 0.5) is 0 Å². The molecule has 4 nitrogen and oxygen atoms in total. The zero-order valence-electron chi connectivity index (χ0n) is 6.65. The van der Waals surface area contributed by atoms with Crippen molar-refractivity contribution in [3.8, 4) is 5.88 Å². The summed E-state index contributed by atoms with van der Waals surface area (Å²) in [7, 11) is -2.92. The Balaban J connectivity index is 2.44. The number of nitrogens with one attached hydrogen (secondary N) is 1. The number of para-hydroxylation sites is 1. The van der Waals surface area contributed by atoms with Gasteiger partial charge in [-0.15, -0.1) is 0 Å². The van der Waals surface area contributed by atoms with Gasteiger partial charge in [-0.25, -0.2) is 4.57 Å². The predicted octanol–water partition coefficient (Wildman–Crippen LogP) is 1.93. The van der Waals surface area contributed by atoms with Crippen LogP contribution >= 0.6 is 8.25 Å². The Labute approximate surface area is 75.1 Å². The molecule has 13 heavy (non-hydrogen) atoms. The maximum Gasteiger partial charge on any atom is 0.366 e. The Morgan fingerprint density at radius 1 is 1.38 bits per heavy atom. The number of H-pyrrole nitrogens is 1. The van der Waals surface area contributed by atoms with Crippen molar-refractivity contribution in [1.29, 1.82) is 0 Å². The Hall–Kier alpha value is -1.25. The van der Waals surface area contributed by atoms with Crippen LogP contribution in [0.15, 0.2) is 30.3 Å². The van der Waals surface area contributed by atoms with E-state index in [0.29, 0.717) is 5.88 Å². The van der Waals surface area contributed by atoms with Crippen molar-refractivity contribution in [2.75, 3.05) is 0 Å². The molecule has 0 aliphatic rings. The van der Waals surface area contributed by atoms with Gasteiger partial charge in [0.1, 0.15) is 0 Å². The largest absolute Gasteiger partial charge is 0.410 e. The van der Waals surface area contributed by atoms with Crippen molar-refractivity contribution in [3.05, 3.63) is 30.3 Å². The fourth-order valence-corrected chi connectivity index (χ4v) is 1.49. The van der Waals surface area contributed by atoms with Gasteiger partial charge in [0.05, 0.1) is 0 Å². The maximum atomic E-state index is 10.4. The number of benzene rings is 1. The van der Waals surface area contributed by atoms with Gasteiger partial charge < -0.3 is 14.4 Å². The second-order valence-corrected chi connectivity index (χ2v) is 3.32. The molecule has 0 saturated carbocycles. The first-order valence-electron chi connectivity index (χ1n) is 3.74. The fourth-order valence-electron chi connectivity index (χ4n) is 1.20. The molecule has 2 aromatic rings. The highest BCUT2D eigenvalue weighted by molar-refractivity contribution is 7.32. The number of hydrogen-bond acceptors (Lipinski definition) is 2. The Bertz CT molecular complexity index is 418. The highest BCUT2D eigenvalue weighted by Crippen LogP contribution is 2.25. The van der Waals surface area contributed by atoms with Crippen molar-refractivity contribution in [1.82, 2.24) is 4.98 Å². The van der Waals surface area contributed by atoms with E-state index in [1.54, 1.807) is 6.07 Å². The third-order valence-corrected chi connectivity index (χ3v) is 2.10. The van der Waals surface area contributed by atoms with Crippen LogP contribution in [0.3, 0.4) is 0 Å². The zero-order valence-corrected chi connectivity index (χ0v) is 7.65. The molecule has 1 atom stereocenters. The van der Waals surface area contributed by atoms with Gasteiger partial charge in [0.2, 0.25) is 5.88 Å². The first-order valence-corrected chi connectivity index (χ1v) is 5.00. The maximum absolute atomic E-state index is 10.4. The topological polar surface area (TPSA) is 62.3 Å². The highest BCUT2D eigenvalue weighted by Gasteiger charge is 2.01. The van der Waals surface area contributed by atoms with Crippen LogP contribution in [-0.2, 0) is 4.57 Å². The second-order valence-electron chi connectivity index (χ2n) is 2.59. The van der Waals surface area contributed by atoms with Gasteiger partial charge in [-0.1, -0.05) is 18.2 Å². The number of rotatable bonds is 2. The highest BCUT2D eigenvalue weighted by atomic mass is 31.1. The van der Waals surface area contributed by atoms with E-state index < -0.39 is 8.25 Å². The molecular weight excluding hydrogens is 189 g/mol. The molecule has 0 aliphatic carbocycles. The molecule has 0 radical (unpaired) electrons. The Morgan fingerprint density at radius 2 is 2.15 bits per heavy atom. The lowest BCUT2D eigenvalue weighted by molar-refractivity contribution is 0.405. The smallest absolute Gasteiger partial charge is 0.366 e. The van der Waals surface area contributed by atoms with Gasteiger partial charge in [-0.05, 0) is 6.07 Å². The van der Waals surface area contributed by atoms with Gasteiger partial charge in [0.15, 0.2) is 0 Å². The molecule has 1 unspecified atom stereocenters. The van der Waals surface area contributed by atoms with E-state index in [4.69, 9.17) is 4.89 Å². The van der Waals surface area contributed by atoms with Crippen LogP contribution in [0.25, 0.3) is 10.9 Å². The van der Waals surface area contributed by atoms with Crippen LogP contribution in [0.2, 0.25) is 0 Å². The van der Waals surface area contributed by atoms with Gasteiger partial charge in [0, 0.05) is 17.0 Å². The molecule has 68 valence electrons. The second kappa shape index (κ2) is 3.24. The monoisotopic (exact) mass is 197 g/mol. The molecule has 0 amide bonds. The molecule has 0 fully saturated rings. The van der Waals surface area contributed by atoms with E-state index in [-0.39, 0.29) is 0 Å². The molecule has 1 heterocycles. The number of aromatic nitrogens is 1. The third-order valence-electron chi connectivity index (χ3n) is 1.70. The van der Waals surface area contributed by atoms with Gasteiger partial charge in [-0.3, -0.25) is 0 Å². The third kappa shape index (κ3) is 1.74. The lowest BCUT2D eigenvalue weighted by atomic mass is 10.3. The summed E-state index contributed by atoms with van der Waals surface area (Å²) in [6, 6.07) is 9.23. The zero-order chi connectivity index (χ0) is 9.26. The fraction of sp³-hybridized carbons (Fsp3) is 0. The first kappa shape index (κ1) is 8.35. The summed E-state index contributed by atoms with van der Waals surface area (Å²) in [5.74, 6) is 0.326. The van der Waals surface area contributed by atoms with E-state index in [1.165, 1.54) is 0 Å². The van der Waals surface area contributed by atoms with Gasteiger partial charge in [0.25, 0.3) is 0 Å². The van der Waals surface area contributed by atoms with E-state index >= 15 is 0 Å². The van der Waals surface area contributed by atoms with E-state index in [9.17, 15) is 4.57 Å². The molecule has 0 spiro atoms. The normalized spacial score (nSPS) is 13.0. The van der Waals surface area contributed by atoms with Crippen LogP contribution in [0.1, 0.15) is 0 Å². The van der Waals surface area contributed by atoms with Crippen molar-refractivity contribution < 1.29 is 14.0 Å². The van der Waals surface area contributed by atoms with Crippen LogP contribution < -0.4 is 4.52 Å². The SMILES string of the molecule is O=[PH](O)Oc1cc2ccccc2[nH]1. The molecule has 1 aromatic carbocycles. The summed E-state index contributed by atoms with van der Waals surface area (Å²) in [6.45, 7) is 0. The molecule has 2 rings (SSSR count). The molecular formula is C8H8NO3P. The number of hydrogen-bond donors (Lipinski definition) is 2. The summed E-state index contributed by atoms with van der Waals surface area (Å²) in [5.41, 5.74) is 0.890. The molecule has 5 heteroatoms. The summed E-state index contributed by atoms with van der Waals surface area (Å²) >= 11 is 0. The van der Waals surface area contributed by atoms with Crippen molar-refractivity contribution in [3.63, 3.8) is 0 Å². The average molecular weight is 197 g/mol. The van der Waals surface area contributed by atoms with Crippen molar-refractivity contribution in [2.45, 2.75) is 0 Å². The summed E-state index contributed by atoms with van der Waals surface area (Å²) < 4.78 is 15.0. The van der Waals surface area contributed by atoms with E-state index in [1.807, 2.05) is 24.3 Å². The first-order chi connectivity index (χ1) is 6.25. The van der Waals surface area contributed by atoms with Crippen molar-refractivity contribution >= 4 is 19.2 Å².